The Morgan fingerprint density at radius 3 is 3.00 bits per heavy atom. The Hall–Kier alpha value is -1.40. The normalized spacial score (nSPS) is 16.5. The molecular weight excluding hydrogens is 336 g/mol. The first kappa shape index (κ1) is 16.1. The lowest BCUT2D eigenvalue weighted by Gasteiger charge is -2.29. The van der Waals surface area contributed by atoms with Gasteiger partial charge in [-0.25, -0.2) is 15.0 Å². The smallest absolute Gasteiger partial charge is 0.147 e. The third-order valence-electron chi connectivity index (χ3n) is 4.45. The summed E-state index contributed by atoms with van der Waals surface area (Å²) in [7, 11) is 0. The highest BCUT2D eigenvalue weighted by atomic mass is 32.2. The van der Waals surface area contributed by atoms with Crippen LogP contribution >= 0.6 is 23.1 Å². The van der Waals surface area contributed by atoms with Crippen molar-refractivity contribution in [1.82, 2.24) is 15.0 Å². The van der Waals surface area contributed by atoms with E-state index in [9.17, 15) is 0 Å². The van der Waals surface area contributed by atoms with E-state index in [0.29, 0.717) is 0 Å². The van der Waals surface area contributed by atoms with E-state index >= 15 is 0 Å². The van der Waals surface area contributed by atoms with Crippen LogP contribution in [-0.2, 0) is 12.2 Å². The van der Waals surface area contributed by atoms with Gasteiger partial charge in [-0.15, -0.1) is 11.3 Å². The van der Waals surface area contributed by atoms with Crippen LogP contribution in [0.15, 0.2) is 12.4 Å². The maximum Gasteiger partial charge on any atom is 0.147 e. The number of rotatable bonds is 4. The summed E-state index contributed by atoms with van der Waals surface area (Å²) in [5, 5.41) is 4.64. The highest BCUT2D eigenvalue weighted by Crippen LogP contribution is 2.41. The van der Waals surface area contributed by atoms with Crippen molar-refractivity contribution in [3.05, 3.63) is 23.7 Å². The Labute approximate surface area is 150 Å². The van der Waals surface area contributed by atoms with Gasteiger partial charge < -0.3 is 5.32 Å². The van der Waals surface area contributed by atoms with Crippen LogP contribution in [0.3, 0.4) is 0 Å². The Kier molecular flexibility index (Phi) is 4.12. The zero-order valence-electron chi connectivity index (χ0n) is 14.3. The molecule has 0 aromatic carbocycles. The van der Waals surface area contributed by atoms with Gasteiger partial charge in [0.25, 0.3) is 0 Å². The van der Waals surface area contributed by atoms with Crippen LogP contribution in [0, 0.1) is 0 Å². The molecule has 3 aromatic heterocycles. The van der Waals surface area contributed by atoms with Crippen LogP contribution in [0.25, 0.3) is 20.4 Å². The van der Waals surface area contributed by atoms with Gasteiger partial charge in [0.15, 0.2) is 0 Å². The summed E-state index contributed by atoms with van der Waals surface area (Å²) in [4.78, 5) is 15.1. The van der Waals surface area contributed by atoms with Gasteiger partial charge in [-0.05, 0) is 18.1 Å². The monoisotopic (exact) mass is 358 g/mol. The first-order valence-corrected chi connectivity index (χ1v) is 10.3. The average molecular weight is 359 g/mol. The minimum atomic E-state index is 0.275. The highest BCUT2D eigenvalue weighted by molar-refractivity contribution is 7.99. The lowest BCUT2D eigenvalue weighted by molar-refractivity contribution is 0.679. The molecule has 24 heavy (non-hydrogen) atoms. The van der Waals surface area contributed by atoms with Crippen LogP contribution in [-0.4, -0.2) is 26.2 Å². The van der Waals surface area contributed by atoms with Gasteiger partial charge in [0, 0.05) is 34.5 Å². The van der Waals surface area contributed by atoms with Crippen molar-refractivity contribution in [3.8, 4) is 0 Å². The summed E-state index contributed by atoms with van der Waals surface area (Å²) in [6.07, 6.45) is 5.02. The number of unbranched alkanes of at least 4 members (excludes halogenated alkanes) is 1. The first-order valence-electron chi connectivity index (χ1n) is 8.51. The molecule has 1 N–H and O–H groups in total. The number of nitrogens with one attached hydrogen (secondary N) is 1. The number of thioether (sulfide) groups is 1. The molecule has 0 amide bonds. The van der Waals surface area contributed by atoms with Crippen molar-refractivity contribution < 1.29 is 0 Å². The van der Waals surface area contributed by atoms with Crippen LogP contribution in [0.5, 0.6) is 0 Å². The van der Waals surface area contributed by atoms with Gasteiger partial charge in [-0.3, -0.25) is 0 Å². The van der Waals surface area contributed by atoms with Crippen molar-refractivity contribution >= 4 is 49.3 Å². The Morgan fingerprint density at radius 1 is 1.29 bits per heavy atom. The number of fused-ring (bicyclic) bond motifs is 4. The van der Waals surface area contributed by atoms with Crippen LogP contribution < -0.4 is 5.32 Å². The molecule has 0 bridgehead atoms. The second-order valence-electron chi connectivity index (χ2n) is 6.95. The molecule has 4 nitrogen and oxygen atoms in total. The molecule has 126 valence electrons. The van der Waals surface area contributed by atoms with Crippen molar-refractivity contribution in [3.63, 3.8) is 0 Å². The average Bonchev–Trinajstić information content (AvgIpc) is 2.90. The second kappa shape index (κ2) is 6.15. The van der Waals surface area contributed by atoms with Gasteiger partial charge in [0.1, 0.15) is 17.0 Å². The molecule has 4 heterocycles. The predicted octanol–water partition coefficient (Wildman–Crippen LogP) is 5.02. The summed E-state index contributed by atoms with van der Waals surface area (Å²) in [5.74, 6) is 1.99. The molecule has 0 aliphatic carbocycles. The van der Waals surface area contributed by atoms with E-state index in [0.717, 1.165) is 46.0 Å². The van der Waals surface area contributed by atoms with Gasteiger partial charge in [-0.2, -0.15) is 11.8 Å². The summed E-state index contributed by atoms with van der Waals surface area (Å²) in [5.41, 5.74) is 3.66. The predicted molar refractivity (Wildman–Crippen MR) is 105 cm³/mol. The largest absolute Gasteiger partial charge is 0.369 e. The van der Waals surface area contributed by atoms with E-state index in [1.807, 2.05) is 11.8 Å². The minimum absolute atomic E-state index is 0.275. The lowest BCUT2D eigenvalue weighted by atomic mass is 10.0. The Bertz CT molecular complexity index is 901. The first-order chi connectivity index (χ1) is 11.6. The highest BCUT2D eigenvalue weighted by Gasteiger charge is 2.28. The number of nitrogens with zero attached hydrogens (tertiary/aromatic N) is 3. The topological polar surface area (TPSA) is 50.7 Å². The number of hydrogen-bond acceptors (Lipinski definition) is 6. The van der Waals surface area contributed by atoms with E-state index in [-0.39, 0.29) is 4.75 Å². The van der Waals surface area contributed by atoms with Crippen molar-refractivity contribution in [1.29, 1.82) is 0 Å². The van der Waals surface area contributed by atoms with E-state index in [2.05, 4.69) is 42.1 Å². The van der Waals surface area contributed by atoms with Crippen LogP contribution in [0.1, 0.15) is 44.9 Å². The molecule has 6 heteroatoms. The molecule has 0 saturated heterocycles. The molecule has 0 radical (unpaired) electrons. The Morgan fingerprint density at radius 2 is 2.17 bits per heavy atom. The molecular formula is C18H22N4S2. The number of thiophene rings is 1. The van der Waals surface area contributed by atoms with Gasteiger partial charge in [-0.1, -0.05) is 27.2 Å². The fourth-order valence-electron chi connectivity index (χ4n) is 3.10. The fraction of sp³-hybridized carbons (Fsp3) is 0.500. The third-order valence-corrected chi connectivity index (χ3v) is 6.92. The standard InChI is InChI=1S/C18H22N4S2/c1-4-5-6-19-16-15-14(20-10-21-16)12-7-11-9-23-18(2,3)8-13(11)22-17(12)24-15/h7,10H,4-6,8-9H2,1-3H3,(H,19,20,21). The summed E-state index contributed by atoms with van der Waals surface area (Å²) >= 11 is 3.73. The minimum Gasteiger partial charge on any atom is -0.369 e. The summed E-state index contributed by atoms with van der Waals surface area (Å²) < 4.78 is 1.40. The van der Waals surface area contributed by atoms with E-state index in [1.54, 1.807) is 17.7 Å². The summed E-state index contributed by atoms with van der Waals surface area (Å²) in [6, 6.07) is 2.31. The fourth-order valence-corrected chi connectivity index (χ4v) is 5.23. The van der Waals surface area contributed by atoms with Crippen molar-refractivity contribution in [2.75, 3.05) is 11.9 Å². The van der Waals surface area contributed by atoms with Crippen LogP contribution in [0.2, 0.25) is 0 Å². The zero-order chi connectivity index (χ0) is 16.7. The van der Waals surface area contributed by atoms with Gasteiger partial charge in [0.2, 0.25) is 0 Å². The number of aromatic nitrogens is 3. The maximum absolute atomic E-state index is 5.00. The second-order valence-corrected chi connectivity index (χ2v) is 9.64. The van der Waals surface area contributed by atoms with Crippen molar-refractivity contribution in [2.45, 2.75) is 50.5 Å². The molecule has 0 saturated carbocycles. The quantitative estimate of drug-likeness (QED) is 0.664. The number of pyridine rings is 1. The Balaban J connectivity index is 1.81. The van der Waals surface area contributed by atoms with Crippen molar-refractivity contribution in [2.24, 2.45) is 0 Å². The number of anilines is 1. The van der Waals surface area contributed by atoms with E-state index in [1.165, 1.54) is 23.1 Å². The molecule has 4 rings (SSSR count). The lowest BCUT2D eigenvalue weighted by Crippen LogP contribution is -2.24. The molecule has 0 unspecified atom stereocenters. The van der Waals surface area contributed by atoms with Gasteiger partial charge in [0.05, 0.1) is 10.2 Å². The van der Waals surface area contributed by atoms with E-state index < -0.39 is 0 Å². The number of hydrogen-bond donors (Lipinski definition) is 1. The maximum atomic E-state index is 5.00. The molecule has 3 aromatic rings. The zero-order valence-corrected chi connectivity index (χ0v) is 16.0. The molecule has 0 atom stereocenters. The van der Waals surface area contributed by atoms with Crippen LogP contribution in [0.4, 0.5) is 5.82 Å². The van der Waals surface area contributed by atoms with Gasteiger partial charge >= 0.3 is 0 Å². The third kappa shape index (κ3) is 2.86. The SMILES string of the molecule is CCCCNc1ncnc2c1sc1nc3c(cc12)CSC(C)(C)C3. The van der Waals surface area contributed by atoms with E-state index in [4.69, 9.17) is 4.98 Å². The summed E-state index contributed by atoms with van der Waals surface area (Å²) in [6.45, 7) is 7.76. The molecule has 0 spiro atoms. The molecule has 1 aliphatic heterocycles. The molecule has 1 aliphatic rings. The molecule has 0 fully saturated rings.